The predicted octanol–water partition coefficient (Wildman–Crippen LogP) is 2.96. The number of aliphatic hydroxyl groups is 1. The molecule has 0 saturated heterocycles. The number of hydrogen-bond donors (Lipinski definition) is 2. The molecule has 4 heteroatoms. The van der Waals surface area contributed by atoms with E-state index in [9.17, 15) is 9.90 Å². The number of thiophene rings is 1. The summed E-state index contributed by atoms with van der Waals surface area (Å²) >= 11 is 1.58. The molecular weight excluding hydrogens is 282 g/mol. The lowest BCUT2D eigenvalue weighted by atomic mass is 10.0. The van der Waals surface area contributed by atoms with E-state index in [4.69, 9.17) is 0 Å². The highest BCUT2D eigenvalue weighted by Crippen LogP contribution is 2.18. The third-order valence-corrected chi connectivity index (χ3v) is 4.37. The fraction of sp³-hybridized carbons (Fsp3) is 0.353. The Morgan fingerprint density at radius 3 is 2.57 bits per heavy atom. The Balaban J connectivity index is 1.88. The molecule has 0 aliphatic carbocycles. The van der Waals surface area contributed by atoms with Crippen LogP contribution in [0.3, 0.4) is 0 Å². The lowest BCUT2D eigenvalue weighted by molar-refractivity contribution is -0.123. The van der Waals surface area contributed by atoms with Crippen LogP contribution in [0.5, 0.6) is 0 Å². The highest BCUT2D eigenvalue weighted by atomic mass is 32.1. The van der Waals surface area contributed by atoms with Gasteiger partial charge in [-0.3, -0.25) is 4.79 Å². The molecule has 1 aromatic heterocycles. The van der Waals surface area contributed by atoms with Crippen LogP contribution in [0.15, 0.2) is 47.2 Å². The third-order valence-electron chi connectivity index (χ3n) is 3.67. The van der Waals surface area contributed by atoms with Gasteiger partial charge in [-0.2, -0.15) is 11.3 Å². The number of amides is 1. The van der Waals surface area contributed by atoms with Gasteiger partial charge in [0.15, 0.2) is 0 Å². The Hall–Kier alpha value is -1.65. The fourth-order valence-electron chi connectivity index (χ4n) is 2.15. The second-order valence-electron chi connectivity index (χ2n) is 5.33. The van der Waals surface area contributed by atoms with Crippen molar-refractivity contribution in [2.75, 3.05) is 0 Å². The number of benzene rings is 1. The van der Waals surface area contributed by atoms with Crippen LogP contribution in [0.25, 0.3) is 0 Å². The third kappa shape index (κ3) is 4.41. The summed E-state index contributed by atoms with van der Waals surface area (Å²) in [5, 5.41) is 17.1. The smallest absolute Gasteiger partial charge is 0.227 e. The van der Waals surface area contributed by atoms with Gasteiger partial charge in [-0.15, -0.1) is 0 Å². The average Bonchev–Trinajstić information content (AvgIpc) is 3.01. The van der Waals surface area contributed by atoms with Crippen molar-refractivity contribution in [3.63, 3.8) is 0 Å². The quantitative estimate of drug-likeness (QED) is 0.862. The first-order chi connectivity index (χ1) is 10.1. The van der Waals surface area contributed by atoms with Crippen LogP contribution in [0.2, 0.25) is 0 Å². The van der Waals surface area contributed by atoms with Crippen LogP contribution >= 0.6 is 11.3 Å². The summed E-state index contributed by atoms with van der Waals surface area (Å²) in [6.45, 7) is 3.72. The van der Waals surface area contributed by atoms with Crippen molar-refractivity contribution >= 4 is 17.2 Å². The lowest BCUT2D eigenvalue weighted by Gasteiger charge is -2.22. The maximum atomic E-state index is 12.2. The SMILES string of the molecule is CC(C(=O)NC(C)C(O)Cc1ccccc1)c1ccsc1. The van der Waals surface area contributed by atoms with E-state index in [1.807, 2.05) is 61.0 Å². The van der Waals surface area contributed by atoms with E-state index in [1.165, 1.54) is 0 Å². The van der Waals surface area contributed by atoms with E-state index in [0.717, 1.165) is 11.1 Å². The minimum absolute atomic E-state index is 0.0481. The fourth-order valence-corrected chi connectivity index (χ4v) is 2.90. The summed E-state index contributed by atoms with van der Waals surface area (Å²) in [5.74, 6) is -0.240. The number of aliphatic hydroxyl groups excluding tert-OH is 1. The van der Waals surface area contributed by atoms with Gasteiger partial charge in [0.2, 0.25) is 5.91 Å². The molecule has 0 spiro atoms. The topological polar surface area (TPSA) is 49.3 Å². The normalized spacial score (nSPS) is 15.2. The lowest BCUT2D eigenvalue weighted by Crippen LogP contribution is -2.43. The Kier molecular flexibility index (Phi) is 5.53. The average molecular weight is 303 g/mol. The number of hydrogen-bond acceptors (Lipinski definition) is 3. The van der Waals surface area contributed by atoms with Gasteiger partial charge in [0.05, 0.1) is 18.1 Å². The van der Waals surface area contributed by atoms with Crippen molar-refractivity contribution in [1.82, 2.24) is 5.32 Å². The highest BCUT2D eigenvalue weighted by Gasteiger charge is 2.21. The summed E-state index contributed by atoms with van der Waals surface area (Å²) in [4.78, 5) is 12.2. The number of carbonyl (C=O) groups is 1. The van der Waals surface area contributed by atoms with Gasteiger partial charge in [0.1, 0.15) is 0 Å². The summed E-state index contributed by atoms with van der Waals surface area (Å²) in [5.41, 5.74) is 2.08. The molecule has 1 aromatic carbocycles. The molecule has 0 aliphatic rings. The summed E-state index contributed by atoms with van der Waals surface area (Å²) in [7, 11) is 0. The summed E-state index contributed by atoms with van der Waals surface area (Å²) in [6, 6.07) is 11.5. The molecule has 0 aliphatic heterocycles. The molecule has 0 saturated carbocycles. The molecule has 0 bridgehead atoms. The molecule has 3 unspecified atom stereocenters. The molecule has 2 aromatic rings. The molecule has 21 heavy (non-hydrogen) atoms. The van der Waals surface area contributed by atoms with E-state index in [0.29, 0.717) is 6.42 Å². The van der Waals surface area contributed by atoms with Gasteiger partial charge < -0.3 is 10.4 Å². The first-order valence-electron chi connectivity index (χ1n) is 7.12. The minimum Gasteiger partial charge on any atom is -0.391 e. The summed E-state index contributed by atoms with van der Waals surface area (Å²) < 4.78 is 0. The second kappa shape index (κ2) is 7.38. The van der Waals surface area contributed by atoms with Crippen molar-refractivity contribution in [1.29, 1.82) is 0 Å². The minimum atomic E-state index is -0.592. The maximum absolute atomic E-state index is 12.2. The molecular formula is C17H21NO2S. The van der Waals surface area contributed by atoms with Crippen LogP contribution in [0.4, 0.5) is 0 Å². The van der Waals surface area contributed by atoms with Gasteiger partial charge in [0, 0.05) is 6.42 Å². The van der Waals surface area contributed by atoms with Gasteiger partial charge in [-0.05, 0) is 41.8 Å². The number of carbonyl (C=O) groups excluding carboxylic acids is 1. The van der Waals surface area contributed by atoms with Crippen LogP contribution in [-0.4, -0.2) is 23.2 Å². The van der Waals surface area contributed by atoms with Crippen molar-refractivity contribution < 1.29 is 9.90 Å². The van der Waals surface area contributed by atoms with Crippen LogP contribution < -0.4 is 5.32 Å². The second-order valence-corrected chi connectivity index (χ2v) is 6.11. The highest BCUT2D eigenvalue weighted by molar-refractivity contribution is 7.08. The zero-order valence-electron chi connectivity index (χ0n) is 12.3. The largest absolute Gasteiger partial charge is 0.391 e. The molecule has 3 atom stereocenters. The molecule has 2 N–H and O–H groups in total. The van der Waals surface area contributed by atoms with Crippen LogP contribution in [0.1, 0.15) is 30.9 Å². The molecule has 0 radical (unpaired) electrons. The zero-order valence-corrected chi connectivity index (χ0v) is 13.1. The molecule has 3 nitrogen and oxygen atoms in total. The van der Waals surface area contributed by atoms with E-state index in [2.05, 4.69) is 5.32 Å². The van der Waals surface area contributed by atoms with Gasteiger partial charge in [-0.25, -0.2) is 0 Å². The molecule has 112 valence electrons. The first kappa shape index (κ1) is 15.7. The first-order valence-corrected chi connectivity index (χ1v) is 8.06. The Morgan fingerprint density at radius 1 is 1.24 bits per heavy atom. The van der Waals surface area contributed by atoms with Crippen LogP contribution in [-0.2, 0) is 11.2 Å². The van der Waals surface area contributed by atoms with Crippen molar-refractivity contribution in [2.45, 2.75) is 38.3 Å². The molecule has 1 amide bonds. The van der Waals surface area contributed by atoms with E-state index < -0.39 is 6.10 Å². The Labute approximate surface area is 129 Å². The van der Waals surface area contributed by atoms with Crippen LogP contribution in [0, 0.1) is 0 Å². The summed E-state index contributed by atoms with van der Waals surface area (Å²) in [6.07, 6.45) is -0.0548. The standard InChI is InChI=1S/C17H21NO2S/c1-12(15-8-9-21-11-15)17(20)18-13(2)16(19)10-14-6-4-3-5-7-14/h3-9,11-13,16,19H,10H2,1-2H3,(H,18,20). The monoisotopic (exact) mass is 303 g/mol. The van der Waals surface area contributed by atoms with Gasteiger partial charge in [-0.1, -0.05) is 30.3 Å². The maximum Gasteiger partial charge on any atom is 0.227 e. The zero-order chi connectivity index (χ0) is 15.2. The van der Waals surface area contributed by atoms with E-state index >= 15 is 0 Å². The number of rotatable bonds is 6. The Bertz CT molecular complexity index is 553. The predicted molar refractivity (Wildman–Crippen MR) is 86.5 cm³/mol. The van der Waals surface area contributed by atoms with Crippen molar-refractivity contribution in [3.05, 3.63) is 58.3 Å². The molecule has 1 heterocycles. The molecule has 0 fully saturated rings. The van der Waals surface area contributed by atoms with Crippen molar-refractivity contribution in [3.8, 4) is 0 Å². The van der Waals surface area contributed by atoms with Gasteiger partial charge in [0.25, 0.3) is 0 Å². The van der Waals surface area contributed by atoms with E-state index in [1.54, 1.807) is 11.3 Å². The van der Waals surface area contributed by atoms with Gasteiger partial charge >= 0.3 is 0 Å². The van der Waals surface area contributed by atoms with E-state index in [-0.39, 0.29) is 17.9 Å². The van der Waals surface area contributed by atoms with Crippen molar-refractivity contribution in [2.24, 2.45) is 0 Å². The molecule has 2 rings (SSSR count). The Morgan fingerprint density at radius 2 is 1.95 bits per heavy atom. The number of nitrogens with one attached hydrogen (secondary N) is 1.